The first kappa shape index (κ1) is 10.7. The van der Waals surface area contributed by atoms with Crippen LogP contribution in [0.15, 0.2) is 6.07 Å². The van der Waals surface area contributed by atoms with E-state index in [1.54, 1.807) is 13.2 Å². The Kier molecular flexibility index (Phi) is 3.64. The van der Waals surface area contributed by atoms with Gasteiger partial charge in [0.2, 0.25) is 11.8 Å². The van der Waals surface area contributed by atoms with Gasteiger partial charge in [-0.3, -0.25) is 0 Å². The lowest BCUT2D eigenvalue weighted by Crippen LogP contribution is -2.21. The van der Waals surface area contributed by atoms with Crippen molar-refractivity contribution in [3.05, 3.63) is 11.8 Å². The lowest BCUT2D eigenvalue weighted by Gasteiger charge is -2.11. The lowest BCUT2D eigenvalue weighted by atomic mass is 10.4. The summed E-state index contributed by atoms with van der Waals surface area (Å²) in [6.07, 6.45) is 0. The molecule has 1 atom stereocenters. The fourth-order valence-electron chi connectivity index (χ4n) is 0.975. The number of ether oxygens (including phenoxy) is 1. The Hall–Kier alpha value is -1.36. The molecule has 0 radical (unpaired) electrons. The molecule has 0 spiro atoms. The van der Waals surface area contributed by atoms with Crippen LogP contribution in [0.25, 0.3) is 0 Å². The molecule has 0 aliphatic heterocycles. The Labute approximate surface area is 83.2 Å². The molecule has 1 heterocycles. The zero-order valence-corrected chi connectivity index (χ0v) is 8.61. The third-order valence-electron chi connectivity index (χ3n) is 1.69. The van der Waals surface area contributed by atoms with E-state index in [1.165, 1.54) is 0 Å². The van der Waals surface area contributed by atoms with Crippen LogP contribution >= 0.6 is 0 Å². The van der Waals surface area contributed by atoms with Crippen molar-refractivity contribution in [2.45, 2.75) is 19.9 Å². The van der Waals surface area contributed by atoms with E-state index in [0.717, 1.165) is 5.69 Å². The molecule has 0 saturated heterocycles. The molecule has 1 rings (SSSR count). The van der Waals surface area contributed by atoms with Gasteiger partial charge in [-0.2, -0.15) is 4.98 Å². The molecule has 1 aromatic heterocycles. The van der Waals surface area contributed by atoms with Crippen LogP contribution in [0.3, 0.4) is 0 Å². The van der Waals surface area contributed by atoms with E-state index in [4.69, 9.17) is 9.84 Å². The molecule has 1 aromatic rings. The van der Waals surface area contributed by atoms with Crippen LogP contribution in [0.4, 0.5) is 5.95 Å². The predicted octanol–water partition coefficient (Wildman–Crippen LogP) is 0.586. The molecule has 5 heteroatoms. The normalized spacial score (nSPS) is 12.3. The number of aromatic nitrogens is 2. The number of methoxy groups -OCH3 is 1. The molecular formula is C9H15N3O2. The minimum absolute atomic E-state index is 0.0413. The first-order chi connectivity index (χ1) is 6.65. The van der Waals surface area contributed by atoms with Crippen molar-refractivity contribution in [2.24, 2.45) is 0 Å². The summed E-state index contributed by atoms with van der Waals surface area (Å²) in [5.41, 5.74) is 0.824. The second kappa shape index (κ2) is 4.76. The number of nitrogens with zero attached hydrogens (tertiary/aromatic N) is 2. The second-order valence-electron chi connectivity index (χ2n) is 3.10. The minimum atomic E-state index is -0.0680. The molecule has 0 aliphatic carbocycles. The Morgan fingerprint density at radius 3 is 2.86 bits per heavy atom. The Bertz CT molecular complexity index is 304. The molecule has 0 amide bonds. The maximum atomic E-state index is 8.84. The van der Waals surface area contributed by atoms with E-state index in [2.05, 4.69) is 15.3 Å². The van der Waals surface area contributed by atoms with Gasteiger partial charge in [0, 0.05) is 17.8 Å². The molecule has 0 aromatic carbocycles. The summed E-state index contributed by atoms with van der Waals surface area (Å²) < 4.78 is 5.00. The van der Waals surface area contributed by atoms with Crippen LogP contribution in [0.2, 0.25) is 0 Å². The van der Waals surface area contributed by atoms with Crippen molar-refractivity contribution in [1.29, 1.82) is 0 Å². The smallest absolute Gasteiger partial charge is 0.226 e. The second-order valence-corrected chi connectivity index (χ2v) is 3.10. The lowest BCUT2D eigenvalue weighted by molar-refractivity contribution is 0.281. The maximum absolute atomic E-state index is 8.84. The first-order valence-electron chi connectivity index (χ1n) is 4.42. The Balaban J connectivity index is 2.81. The number of hydrogen-bond donors (Lipinski definition) is 2. The molecule has 0 fully saturated rings. The topological polar surface area (TPSA) is 67.3 Å². The highest BCUT2D eigenvalue weighted by atomic mass is 16.5. The minimum Gasteiger partial charge on any atom is -0.481 e. The third-order valence-corrected chi connectivity index (χ3v) is 1.69. The van der Waals surface area contributed by atoms with Gasteiger partial charge < -0.3 is 15.2 Å². The number of hydrogen-bond acceptors (Lipinski definition) is 5. The highest BCUT2D eigenvalue weighted by Crippen LogP contribution is 2.11. The molecule has 5 nitrogen and oxygen atoms in total. The molecule has 0 saturated carbocycles. The fourth-order valence-corrected chi connectivity index (χ4v) is 0.975. The van der Waals surface area contributed by atoms with Crippen LogP contribution in [-0.4, -0.2) is 34.8 Å². The summed E-state index contributed by atoms with van der Waals surface area (Å²) in [4.78, 5) is 8.24. The van der Waals surface area contributed by atoms with E-state index < -0.39 is 0 Å². The number of anilines is 1. The van der Waals surface area contributed by atoms with Gasteiger partial charge in [0.1, 0.15) is 0 Å². The first-order valence-corrected chi connectivity index (χ1v) is 4.42. The van der Waals surface area contributed by atoms with Gasteiger partial charge in [-0.1, -0.05) is 0 Å². The van der Waals surface area contributed by atoms with E-state index in [-0.39, 0.29) is 12.6 Å². The largest absolute Gasteiger partial charge is 0.481 e. The summed E-state index contributed by atoms with van der Waals surface area (Å²) >= 11 is 0. The van der Waals surface area contributed by atoms with E-state index in [0.29, 0.717) is 11.8 Å². The van der Waals surface area contributed by atoms with Gasteiger partial charge in [0.25, 0.3) is 0 Å². The molecular weight excluding hydrogens is 182 g/mol. The Morgan fingerprint density at radius 2 is 2.29 bits per heavy atom. The van der Waals surface area contributed by atoms with E-state index >= 15 is 0 Å². The summed E-state index contributed by atoms with van der Waals surface area (Å²) in [6, 6.07) is 1.68. The number of rotatable bonds is 4. The van der Waals surface area contributed by atoms with Crippen LogP contribution in [0.5, 0.6) is 5.88 Å². The fraction of sp³-hybridized carbons (Fsp3) is 0.556. The SMILES string of the molecule is COc1cc(C)nc(NC(C)CO)n1. The molecule has 14 heavy (non-hydrogen) atoms. The number of aliphatic hydroxyl groups excluding tert-OH is 1. The average Bonchev–Trinajstić information content (AvgIpc) is 2.16. The molecule has 0 bridgehead atoms. The van der Waals surface area contributed by atoms with E-state index in [9.17, 15) is 0 Å². The van der Waals surface area contributed by atoms with Crippen LogP contribution in [0.1, 0.15) is 12.6 Å². The highest BCUT2D eigenvalue weighted by Gasteiger charge is 2.05. The van der Waals surface area contributed by atoms with Gasteiger partial charge in [-0.25, -0.2) is 4.98 Å². The molecule has 1 unspecified atom stereocenters. The predicted molar refractivity (Wildman–Crippen MR) is 53.5 cm³/mol. The van der Waals surface area contributed by atoms with E-state index in [1.807, 2.05) is 13.8 Å². The van der Waals surface area contributed by atoms with Crippen molar-refractivity contribution in [2.75, 3.05) is 19.0 Å². The average molecular weight is 197 g/mol. The molecule has 78 valence electrons. The summed E-state index contributed by atoms with van der Waals surface area (Å²) in [7, 11) is 1.56. The summed E-state index contributed by atoms with van der Waals surface area (Å²) in [5, 5.41) is 11.8. The van der Waals surface area contributed by atoms with Gasteiger partial charge in [-0.15, -0.1) is 0 Å². The van der Waals surface area contributed by atoms with Crippen LogP contribution in [-0.2, 0) is 0 Å². The van der Waals surface area contributed by atoms with Gasteiger partial charge in [0.05, 0.1) is 13.7 Å². The zero-order chi connectivity index (χ0) is 10.6. The zero-order valence-electron chi connectivity index (χ0n) is 8.61. The van der Waals surface area contributed by atoms with Gasteiger partial charge in [-0.05, 0) is 13.8 Å². The number of aliphatic hydroxyl groups is 1. The number of nitrogens with one attached hydrogen (secondary N) is 1. The van der Waals surface area contributed by atoms with Crippen molar-refractivity contribution in [1.82, 2.24) is 9.97 Å². The standard InChI is InChI=1S/C9H15N3O2/c1-6-4-8(14-3)12-9(10-6)11-7(2)5-13/h4,7,13H,5H2,1-3H3,(H,10,11,12). The van der Waals surface area contributed by atoms with Crippen molar-refractivity contribution >= 4 is 5.95 Å². The van der Waals surface area contributed by atoms with Crippen molar-refractivity contribution in [3.63, 3.8) is 0 Å². The Morgan fingerprint density at radius 1 is 1.57 bits per heavy atom. The van der Waals surface area contributed by atoms with Crippen molar-refractivity contribution < 1.29 is 9.84 Å². The number of aryl methyl sites for hydroxylation is 1. The van der Waals surface area contributed by atoms with Gasteiger partial charge in [0.15, 0.2) is 0 Å². The molecule has 2 N–H and O–H groups in total. The summed E-state index contributed by atoms with van der Waals surface area (Å²) in [6.45, 7) is 3.75. The summed E-state index contributed by atoms with van der Waals surface area (Å²) in [5.74, 6) is 0.994. The van der Waals surface area contributed by atoms with Crippen LogP contribution in [0, 0.1) is 6.92 Å². The molecule has 0 aliphatic rings. The monoisotopic (exact) mass is 197 g/mol. The van der Waals surface area contributed by atoms with Crippen LogP contribution < -0.4 is 10.1 Å². The maximum Gasteiger partial charge on any atom is 0.226 e. The quantitative estimate of drug-likeness (QED) is 0.739. The highest BCUT2D eigenvalue weighted by molar-refractivity contribution is 5.31. The third kappa shape index (κ3) is 2.85. The van der Waals surface area contributed by atoms with Gasteiger partial charge >= 0.3 is 0 Å². The van der Waals surface area contributed by atoms with Crippen molar-refractivity contribution in [3.8, 4) is 5.88 Å².